The average Bonchev–Trinajstić information content (AvgIpc) is 2.60. The Bertz CT molecular complexity index is 670. The molecule has 0 N–H and O–H groups in total. The molecule has 0 aliphatic rings. The van der Waals surface area contributed by atoms with Crippen LogP contribution in [0.5, 0.6) is 17.2 Å². The van der Waals surface area contributed by atoms with Gasteiger partial charge in [-0.3, -0.25) is 4.98 Å². The van der Waals surface area contributed by atoms with E-state index in [0.717, 1.165) is 11.1 Å². The SMILES string of the molecule is COc1cc(CN(Cc2cccnc2)C(=S)S)cc(OC)c1OC. The fourth-order valence-electron chi connectivity index (χ4n) is 2.35. The van der Waals surface area contributed by atoms with E-state index in [0.29, 0.717) is 34.7 Å². The Balaban J connectivity index is 2.27. The van der Waals surface area contributed by atoms with Gasteiger partial charge in [-0.15, -0.1) is 12.6 Å². The third-order valence-corrected chi connectivity index (χ3v) is 4.01. The molecule has 0 saturated heterocycles. The lowest BCUT2D eigenvalue weighted by Crippen LogP contribution is -2.25. The molecule has 2 aromatic rings. The molecule has 7 heteroatoms. The number of benzene rings is 1. The number of ether oxygens (including phenoxy) is 3. The first-order valence-corrected chi connectivity index (χ1v) is 8.10. The summed E-state index contributed by atoms with van der Waals surface area (Å²) in [6.45, 7) is 1.18. The van der Waals surface area contributed by atoms with Crippen molar-refractivity contribution in [2.45, 2.75) is 13.1 Å². The van der Waals surface area contributed by atoms with E-state index < -0.39 is 0 Å². The van der Waals surface area contributed by atoms with Crippen LogP contribution in [0.4, 0.5) is 0 Å². The third-order valence-electron chi connectivity index (χ3n) is 3.46. The number of hydrogen-bond donors (Lipinski definition) is 1. The van der Waals surface area contributed by atoms with E-state index in [-0.39, 0.29) is 0 Å². The van der Waals surface area contributed by atoms with Crippen LogP contribution in [0.15, 0.2) is 36.7 Å². The Labute approximate surface area is 153 Å². The number of pyridine rings is 1. The molecule has 0 atom stereocenters. The van der Waals surface area contributed by atoms with Gasteiger partial charge < -0.3 is 19.1 Å². The van der Waals surface area contributed by atoms with Gasteiger partial charge >= 0.3 is 0 Å². The lowest BCUT2D eigenvalue weighted by atomic mass is 10.1. The molecule has 0 unspecified atom stereocenters. The summed E-state index contributed by atoms with van der Waals surface area (Å²) in [6, 6.07) is 7.71. The van der Waals surface area contributed by atoms with Crippen molar-refractivity contribution in [3.63, 3.8) is 0 Å². The Kier molecular flexibility index (Phi) is 6.69. The van der Waals surface area contributed by atoms with Gasteiger partial charge in [0.25, 0.3) is 0 Å². The van der Waals surface area contributed by atoms with Crippen molar-refractivity contribution < 1.29 is 14.2 Å². The fraction of sp³-hybridized carbons (Fsp3) is 0.294. The Morgan fingerprint density at radius 3 is 2.17 bits per heavy atom. The molecular formula is C17H20N2O3S2. The summed E-state index contributed by atoms with van der Waals surface area (Å²) in [4.78, 5) is 6.10. The highest BCUT2D eigenvalue weighted by Gasteiger charge is 2.16. The molecule has 5 nitrogen and oxygen atoms in total. The van der Waals surface area contributed by atoms with E-state index in [9.17, 15) is 0 Å². The van der Waals surface area contributed by atoms with Crippen LogP contribution in [0, 0.1) is 0 Å². The summed E-state index contributed by atoms with van der Waals surface area (Å²) >= 11 is 9.61. The largest absolute Gasteiger partial charge is 0.493 e. The van der Waals surface area contributed by atoms with Crippen LogP contribution in [-0.4, -0.2) is 35.5 Å². The average molecular weight is 364 g/mol. The zero-order valence-corrected chi connectivity index (χ0v) is 15.6. The van der Waals surface area contributed by atoms with E-state index in [1.807, 2.05) is 35.4 Å². The monoisotopic (exact) mass is 364 g/mol. The van der Waals surface area contributed by atoms with E-state index in [2.05, 4.69) is 17.6 Å². The smallest absolute Gasteiger partial charge is 0.203 e. The van der Waals surface area contributed by atoms with Gasteiger partial charge in [0.2, 0.25) is 5.75 Å². The van der Waals surface area contributed by atoms with Crippen molar-refractivity contribution in [2.75, 3.05) is 21.3 Å². The van der Waals surface area contributed by atoms with Gasteiger partial charge in [-0.05, 0) is 29.3 Å². The highest BCUT2D eigenvalue weighted by molar-refractivity contribution is 8.10. The van der Waals surface area contributed by atoms with E-state index >= 15 is 0 Å². The summed E-state index contributed by atoms with van der Waals surface area (Å²) in [5, 5.41) is 0. The van der Waals surface area contributed by atoms with Crippen molar-refractivity contribution in [1.82, 2.24) is 9.88 Å². The van der Waals surface area contributed by atoms with E-state index in [4.69, 9.17) is 26.4 Å². The second-order valence-corrected chi connectivity index (χ2v) is 6.15. The van der Waals surface area contributed by atoms with Gasteiger partial charge in [0.05, 0.1) is 21.3 Å². The summed E-state index contributed by atoms with van der Waals surface area (Å²) in [5.74, 6) is 1.78. The van der Waals surface area contributed by atoms with Crippen LogP contribution in [0.3, 0.4) is 0 Å². The third kappa shape index (κ3) is 4.52. The lowest BCUT2D eigenvalue weighted by Gasteiger charge is -2.24. The molecule has 0 saturated carbocycles. The highest BCUT2D eigenvalue weighted by Crippen LogP contribution is 2.38. The Morgan fingerprint density at radius 1 is 1.08 bits per heavy atom. The zero-order chi connectivity index (χ0) is 17.5. The van der Waals surface area contributed by atoms with E-state index in [1.165, 1.54) is 0 Å². The van der Waals surface area contributed by atoms with Gasteiger partial charge in [-0.2, -0.15) is 0 Å². The van der Waals surface area contributed by atoms with Gasteiger partial charge in [-0.25, -0.2) is 0 Å². The minimum Gasteiger partial charge on any atom is -0.493 e. The second-order valence-electron chi connectivity index (χ2n) is 5.03. The van der Waals surface area contributed by atoms with Crippen molar-refractivity contribution in [3.8, 4) is 17.2 Å². The number of thiol groups is 1. The first-order chi connectivity index (χ1) is 11.6. The Morgan fingerprint density at radius 2 is 1.71 bits per heavy atom. The molecule has 1 aromatic heterocycles. The molecule has 24 heavy (non-hydrogen) atoms. The molecule has 0 spiro atoms. The van der Waals surface area contributed by atoms with Gasteiger partial charge in [0.1, 0.15) is 4.32 Å². The number of thiocarbonyl (C=S) groups is 1. The first-order valence-electron chi connectivity index (χ1n) is 7.24. The molecule has 0 aliphatic carbocycles. The van der Waals surface area contributed by atoms with Gasteiger partial charge in [0, 0.05) is 25.5 Å². The molecule has 0 bridgehead atoms. The second kappa shape index (κ2) is 8.75. The highest BCUT2D eigenvalue weighted by atomic mass is 32.1. The van der Waals surface area contributed by atoms with Crippen LogP contribution < -0.4 is 14.2 Å². The van der Waals surface area contributed by atoms with Crippen LogP contribution in [0.25, 0.3) is 0 Å². The van der Waals surface area contributed by atoms with Crippen LogP contribution in [0.2, 0.25) is 0 Å². The maximum absolute atomic E-state index is 5.39. The molecule has 0 amide bonds. The minimum atomic E-state index is 0.507. The zero-order valence-electron chi connectivity index (χ0n) is 13.9. The molecule has 0 fully saturated rings. The fourth-order valence-corrected chi connectivity index (χ4v) is 2.62. The van der Waals surface area contributed by atoms with Crippen molar-refractivity contribution in [2.24, 2.45) is 0 Å². The van der Waals surface area contributed by atoms with Gasteiger partial charge in [-0.1, -0.05) is 18.3 Å². The van der Waals surface area contributed by atoms with Crippen LogP contribution in [-0.2, 0) is 13.1 Å². The molecule has 0 aliphatic heterocycles. The standard InChI is InChI=1S/C17H20N2O3S2/c1-20-14-7-13(8-15(21-2)16(14)22-3)11-19(17(23)24)10-12-5-4-6-18-9-12/h4-9H,10-11H2,1-3H3,(H,23,24). The summed E-state index contributed by atoms with van der Waals surface area (Å²) in [7, 11) is 4.77. The molecule has 1 aromatic carbocycles. The molecule has 128 valence electrons. The topological polar surface area (TPSA) is 43.8 Å². The summed E-state index contributed by atoms with van der Waals surface area (Å²) in [5.41, 5.74) is 2.03. The predicted octanol–water partition coefficient (Wildman–Crippen LogP) is 3.32. The summed E-state index contributed by atoms with van der Waals surface area (Å²) in [6.07, 6.45) is 3.56. The van der Waals surface area contributed by atoms with Crippen molar-refractivity contribution in [3.05, 3.63) is 47.8 Å². The number of nitrogens with zero attached hydrogens (tertiary/aromatic N) is 2. The molecule has 2 rings (SSSR count). The number of aromatic nitrogens is 1. The number of rotatable bonds is 7. The maximum Gasteiger partial charge on any atom is 0.203 e. The number of methoxy groups -OCH3 is 3. The molecule has 0 radical (unpaired) electrons. The number of hydrogen-bond acceptors (Lipinski definition) is 5. The normalized spacial score (nSPS) is 10.2. The van der Waals surface area contributed by atoms with E-state index in [1.54, 1.807) is 27.5 Å². The Hall–Kier alpha value is -1.99. The van der Waals surface area contributed by atoms with Crippen molar-refractivity contribution >= 4 is 29.2 Å². The molecular weight excluding hydrogens is 344 g/mol. The predicted molar refractivity (Wildman–Crippen MR) is 101 cm³/mol. The summed E-state index contributed by atoms with van der Waals surface area (Å²) < 4.78 is 16.6. The van der Waals surface area contributed by atoms with Crippen molar-refractivity contribution in [1.29, 1.82) is 0 Å². The van der Waals surface area contributed by atoms with Crippen LogP contribution in [0.1, 0.15) is 11.1 Å². The molecule has 1 heterocycles. The quantitative estimate of drug-likeness (QED) is 0.601. The maximum atomic E-state index is 5.39. The van der Waals surface area contributed by atoms with Crippen LogP contribution >= 0.6 is 24.8 Å². The first kappa shape index (κ1) is 18.4. The van der Waals surface area contributed by atoms with Gasteiger partial charge in [0.15, 0.2) is 11.5 Å². The minimum absolute atomic E-state index is 0.507. The lowest BCUT2D eigenvalue weighted by molar-refractivity contribution is 0.322.